The number of anilines is 1. The summed E-state index contributed by atoms with van der Waals surface area (Å²) < 4.78 is 6.68. The summed E-state index contributed by atoms with van der Waals surface area (Å²) in [5, 5.41) is 4.64. The number of fused-ring (bicyclic) bond motifs is 1. The van der Waals surface area contributed by atoms with Crippen molar-refractivity contribution in [2.45, 2.75) is 13.0 Å². The Bertz CT molecular complexity index is 1160. The second-order valence-electron chi connectivity index (χ2n) is 8.32. The van der Waals surface area contributed by atoms with Crippen molar-refractivity contribution >= 4 is 27.8 Å². The number of benzene rings is 3. The lowest BCUT2D eigenvalue weighted by atomic mass is 10.0. The van der Waals surface area contributed by atoms with E-state index < -0.39 is 0 Å². The number of aryl methyl sites for hydroxylation is 1. The van der Waals surface area contributed by atoms with E-state index >= 15 is 0 Å². The molecule has 158 valence electrons. The lowest BCUT2D eigenvalue weighted by Gasteiger charge is -2.34. The highest BCUT2D eigenvalue weighted by Crippen LogP contribution is 2.36. The fourth-order valence-electron chi connectivity index (χ4n) is 4.36. The van der Waals surface area contributed by atoms with E-state index in [0.29, 0.717) is 0 Å². The van der Waals surface area contributed by atoms with Gasteiger partial charge >= 0.3 is 0 Å². The summed E-state index contributed by atoms with van der Waals surface area (Å²) in [4.78, 5) is 6.12. The standard InChI is InChI=1S/C27H28N2OS/c1-20-7-3-4-9-23(20)27(26-11-6-18-31-26)30-22-13-12-21-8-5-10-25(24(21)19-22)29-16-14-28(2)15-17-29/h3-13,18-19,27H,14-17H2,1-2H3. The van der Waals surface area contributed by atoms with Crippen molar-refractivity contribution in [1.82, 2.24) is 4.90 Å². The molecule has 5 rings (SSSR count). The van der Waals surface area contributed by atoms with Crippen molar-refractivity contribution in [2.24, 2.45) is 0 Å². The smallest absolute Gasteiger partial charge is 0.158 e. The van der Waals surface area contributed by atoms with Crippen LogP contribution in [0.2, 0.25) is 0 Å². The summed E-state index contributed by atoms with van der Waals surface area (Å²) >= 11 is 1.75. The number of thiophene rings is 1. The molecule has 1 saturated heterocycles. The summed E-state index contributed by atoms with van der Waals surface area (Å²) in [5.41, 5.74) is 3.77. The molecule has 31 heavy (non-hydrogen) atoms. The van der Waals surface area contributed by atoms with Gasteiger partial charge < -0.3 is 14.5 Å². The van der Waals surface area contributed by atoms with Crippen LogP contribution in [0.25, 0.3) is 10.8 Å². The number of rotatable bonds is 5. The Morgan fingerprint density at radius 3 is 2.48 bits per heavy atom. The summed E-state index contributed by atoms with van der Waals surface area (Å²) in [6.07, 6.45) is -0.102. The van der Waals surface area contributed by atoms with E-state index in [-0.39, 0.29) is 6.10 Å². The van der Waals surface area contributed by atoms with Crippen LogP contribution < -0.4 is 9.64 Å². The molecule has 1 aliphatic heterocycles. The molecule has 1 aliphatic rings. The fraction of sp³-hybridized carbons (Fsp3) is 0.259. The van der Waals surface area contributed by atoms with E-state index in [0.717, 1.165) is 31.9 Å². The van der Waals surface area contributed by atoms with Crippen LogP contribution in [0.15, 0.2) is 78.2 Å². The third-order valence-electron chi connectivity index (χ3n) is 6.20. The molecule has 0 spiro atoms. The zero-order chi connectivity index (χ0) is 21.2. The summed E-state index contributed by atoms with van der Waals surface area (Å²) in [6.45, 7) is 6.47. The number of hydrogen-bond acceptors (Lipinski definition) is 4. The molecule has 1 aromatic heterocycles. The van der Waals surface area contributed by atoms with E-state index in [2.05, 4.69) is 102 Å². The normalized spacial score (nSPS) is 15.9. The molecule has 1 unspecified atom stereocenters. The molecule has 0 amide bonds. The van der Waals surface area contributed by atoms with Crippen LogP contribution in [0.3, 0.4) is 0 Å². The van der Waals surface area contributed by atoms with E-state index in [1.165, 1.54) is 32.5 Å². The maximum atomic E-state index is 6.68. The molecule has 0 bridgehead atoms. The van der Waals surface area contributed by atoms with Gasteiger partial charge in [0.05, 0.1) is 0 Å². The highest BCUT2D eigenvalue weighted by molar-refractivity contribution is 7.10. The molecule has 3 aromatic carbocycles. The molecular formula is C27H28N2OS. The number of nitrogens with zero attached hydrogens (tertiary/aromatic N) is 2. The average Bonchev–Trinajstić information content (AvgIpc) is 3.33. The predicted molar refractivity (Wildman–Crippen MR) is 132 cm³/mol. The molecule has 3 nitrogen and oxygen atoms in total. The predicted octanol–water partition coefficient (Wildman–Crippen LogP) is 6.13. The molecule has 0 radical (unpaired) electrons. The third kappa shape index (κ3) is 4.18. The highest BCUT2D eigenvalue weighted by atomic mass is 32.1. The molecule has 4 aromatic rings. The van der Waals surface area contributed by atoms with E-state index in [1.807, 2.05) is 0 Å². The van der Waals surface area contributed by atoms with Gasteiger partial charge in [0, 0.05) is 47.7 Å². The quantitative estimate of drug-likeness (QED) is 0.380. The van der Waals surface area contributed by atoms with Crippen molar-refractivity contribution < 1.29 is 4.74 Å². The van der Waals surface area contributed by atoms with Crippen LogP contribution in [0.1, 0.15) is 22.1 Å². The van der Waals surface area contributed by atoms with E-state index in [1.54, 1.807) is 11.3 Å². The van der Waals surface area contributed by atoms with Gasteiger partial charge in [-0.3, -0.25) is 0 Å². The molecular weight excluding hydrogens is 400 g/mol. The van der Waals surface area contributed by atoms with Crippen LogP contribution in [-0.4, -0.2) is 38.1 Å². The monoisotopic (exact) mass is 428 g/mol. The molecule has 0 saturated carbocycles. The second-order valence-corrected chi connectivity index (χ2v) is 9.30. The Morgan fingerprint density at radius 1 is 0.871 bits per heavy atom. The molecule has 1 fully saturated rings. The van der Waals surface area contributed by atoms with Gasteiger partial charge in [0.2, 0.25) is 0 Å². The largest absolute Gasteiger partial charge is 0.480 e. The topological polar surface area (TPSA) is 15.7 Å². The minimum atomic E-state index is -0.102. The van der Waals surface area contributed by atoms with Gasteiger partial charge in [0.15, 0.2) is 6.10 Å². The van der Waals surface area contributed by atoms with Gasteiger partial charge in [-0.15, -0.1) is 11.3 Å². The first-order chi connectivity index (χ1) is 15.2. The van der Waals surface area contributed by atoms with Crippen LogP contribution in [0.5, 0.6) is 5.75 Å². The van der Waals surface area contributed by atoms with E-state index in [4.69, 9.17) is 4.74 Å². The van der Waals surface area contributed by atoms with Gasteiger partial charge in [-0.2, -0.15) is 0 Å². The Morgan fingerprint density at radius 2 is 1.71 bits per heavy atom. The number of ether oxygens (including phenoxy) is 1. The SMILES string of the molecule is Cc1ccccc1C(Oc1ccc2cccc(N3CCN(C)CC3)c2c1)c1cccs1. The first kappa shape index (κ1) is 20.1. The zero-order valence-electron chi connectivity index (χ0n) is 18.1. The average molecular weight is 429 g/mol. The van der Waals surface area contributed by atoms with Gasteiger partial charge in [-0.25, -0.2) is 0 Å². The van der Waals surface area contributed by atoms with Crippen LogP contribution >= 0.6 is 11.3 Å². The lowest BCUT2D eigenvalue weighted by Crippen LogP contribution is -2.44. The Kier molecular flexibility index (Phi) is 5.66. The number of likely N-dealkylation sites (N-methyl/N-ethyl adjacent to an activating group) is 1. The first-order valence-electron chi connectivity index (χ1n) is 10.9. The van der Waals surface area contributed by atoms with Crippen molar-refractivity contribution in [3.63, 3.8) is 0 Å². The third-order valence-corrected chi connectivity index (χ3v) is 7.12. The summed E-state index contributed by atoms with van der Waals surface area (Å²) in [7, 11) is 2.20. The van der Waals surface area contributed by atoms with Gasteiger partial charge in [0.1, 0.15) is 5.75 Å². The van der Waals surface area contributed by atoms with Crippen LogP contribution in [0.4, 0.5) is 5.69 Å². The van der Waals surface area contributed by atoms with Crippen LogP contribution in [0, 0.1) is 6.92 Å². The minimum absolute atomic E-state index is 0.102. The second kappa shape index (κ2) is 8.74. The van der Waals surface area contributed by atoms with Crippen molar-refractivity contribution in [1.29, 1.82) is 0 Å². The first-order valence-corrected chi connectivity index (χ1v) is 11.8. The van der Waals surface area contributed by atoms with Gasteiger partial charge in [0.25, 0.3) is 0 Å². The van der Waals surface area contributed by atoms with Crippen molar-refractivity contribution in [3.05, 3.63) is 94.2 Å². The van der Waals surface area contributed by atoms with Gasteiger partial charge in [-0.05, 0) is 54.6 Å². The molecule has 4 heteroatoms. The zero-order valence-corrected chi connectivity index (χ0v) is 18.9. The molecule has 2 heterocycles. The summed E-state index contributed by atoms with van der Waals surface area (Å²) in [6, 6.07) is 25.9. The maximum absolute atomic E-state index is 6.68. The Balaban J connectivity index is 1.52. The van der Waals surface area contributed by atoms with Crippen molar-refractivity contribution in [2.75, 3.05) is 38.1 Å². The fourth-order valence-corrected chi connectivity index (χ4v) is 5.13. The van der Waals surface area contributed by atoms with E-state index in [9.17, 15) is 0 Å². The Hall–Kier alpha value is -2.82. The summed E-state index contributed by atoms with van der Waals surface area (Å²) in [5.74, 6) is 0.913. The minimum Gasteiger partial charge on any atom is -0.480 e. The number of hydrogen-bond donors (Lipinski definition) is 0. The van der Waals surface area contributed by atoms with Gasteiger partial charge in [-0.1, -0.05) is 48.5 Å². The Labute approximate surface area is 188 Å². The molecule has 1 atom stereocenters. The number of piperazine rings is 1. The van der Waals surface area contributed by atoms with Crippen LogP contribution in [-0.2, 0) is 0 Å². The lowest BCUT2D eigenvalue weighted by molar-refractivity contribution is 0.250. The van der Waals surface area contributed by atoms with Crippen molar-refractivity contribution in [3.8, 4) is 5.75 Å². The maximum Gasteiger partial charge on any atom is 0.158 e. The highest BCUT2D eigenvalue weighted by Gasteiger charge is 2.20. The molecule has 0 aliphatic carbocycles. The molecule has 0 N–H and O–H groups in total.